The van der Waals surface area contributed by atoms with E-state index in [1.54, 1.807) is 0 Å². The minimum atomic E-state index is -6.13. The lowest BCUT2D eigenvalue weighted by molar-refractivity contribution is -0.599. The highest BCUT2D eigenvalue weighted by Gasteiger charge is 2.47. The van der Waals surface area contributed by atoms with E-state index in [1.165, 1.54) is 7.14 Å². The summed E-state index contributed by atoms with van der Waals surface area (Å²) in [6.45, 7) is 1.98. The SMILES string of the molecule is FC(F)(F)c1cc([B-](c2cc(C(F)(F)F)cc(C(F)(F)F)c2)(c2cc(C(F)(F)F)cc(C(F)(F)F)c2)c2cc(C(F)(F)F)cc(C(F)(F)F)c2)cc(C(F)(F)F)c1.c1ccc(OCCOc2ccccc2[I+]c2ccccc2OCCOc2ccccc2)cc1. The molecule has 30 heteroatoms. The quantitative estimate of drug-likeness (QED) is 0.0418. The van der Waals surface area contributed by atoms with Crippen LogP contribution in [0.3, 0.4) is 0 Å². The molecular formula is C60H38BF24IO4. The Balaban J connectivity index is 0.000000294. The van der Waals surface area contributed by atoms with E-state index in [4.69, 9.17) is 18.9 Å². The summed E-state index contributed by atoms with van der Waals surface area (Å²) >= 11 is -0.480. The lowest BCUT2D eigenvalue weighted by Gasteiger charge is -2.46. The summed E-state index contributed by atoms with van der Waals surface area (Å²) < 4.78 is 367. The van der Waals surface area contributed by atoms with Crippen molar-refractivity contribution in [2.45, 2.75) is 49.4 Å². The molecule has 90 heavy (non-hydrogen) atoms. The Labute approximate surface area is 504 Å². The van der Waals surface area contributed by atoms with Crippen molar-refractivity contribution < 1.29 is 146 Å². The van der Waals surface area contributed by atoms with Crippen molar-refractivity contribution >= 4 is 28.0 Å². The van der Waals surface area contributed by atoms with Gasteiger partial charge in [0.15, 0.2) is 11.5 Å². The summed E-state index contributed by atoms with van der Waals surface area (Å²) in [7, 11) is 0. The van der Waals surface area contributed by atoms with Gasteiger partial charge in [-0.25, -0.2) is 0 Å². The molecule has 0 spiro atoms. The van der Waals surface area contributed by atoms with Gasteiger partial charge in [0.2, 0.25) is 7.14 Å². The molecule has 0 aromatic heterocycles. The van der Waals surface area contributed by atoms with Crippen molar-refractivity contribution in [2.24, 2.45) is 0 Å². The van der Waals surface area contributed by atoms with E-state index in [2.05, 4.69) is 24.3 Å². The molecule has 8 rings (SSSR count). The fourth-order valence-corrected chi connectivity index (χ4v) is 11.7. The van der Waals surface area contributed by atoms with E-state index >= 15 is 0 Å². The predicted octanol–water partition coefficient (Wildman–Crippen LogP) is 13.9. The monoisotopic (exact) mass is 1420 g/mol. The molecule has 4 nitrogen and oxygen atoms in total. The normalized spacial score (nSPS) is 12.9. The van der Waals surface area contributed by atoms with Crippen molar-refractivity contribution in [3.63, 3.8) is 0 Å². The van der Waals surface area contributed by atoms with Crippen molar-refractivity contribution in [3.05, 3.63) is 234 Å². The number of halogens is 25. The zero-order valence-electron chi connectivity index (χ0n) is 44.8. The van der Waals surface area contributed by atoms with Gasteiger partial charge in [0.05, 0.1) is 44.5 Å². The molecule has 0 aliphatic heterocycles. The summed E-state index contributed by atoms with van der Waals surface area (Å²) in [6.07, 6.45) is -54.8. The van der Waals surface area contributed by atoms with Crippen molar-refractivity contribution in [2.75, 3.05) is 26.4 Å². The van der Waals surface area contributed by atoms with Gasteiger partial charge in [0, 0.05) is 0 Å². The lowest BCUT2D eigenvalue weighted by Crippen LogP contribution is -3.61. The first-order valence-electron chi connectivity index (χ1n) is 25.4. The zero-order chi connectivity index (χ0) is 66.5. The topological polar surface area (TPSA) is 36.9 Å². The maximum Gasteiger partial charge on any atom is 0.416 e. The van der Waals surface area contributed by atoms with Gasteiger partial charge in [-0.15, -0.1) is 0 Å². The van der Waals surface area contributed by atoms with Crippen LogP contribution in [0.5, 0.6) is 23.0 Å². The van der Waals surface area contributed by atoms with Crippen molar-refractivity contribution in [1.82, 2.24) is 0 Å². The molecule has 0 heterocycles. The Morgan fingerprint density at radius 1 is 0.244 bits per heavy atom. The summed E-state index contributed by atoms with van der Waals surface area (Å²) in [5.41, 5.74) is -30.2. The Kier molecular flexibility index (Phi) is 20.8. The third-order valence-electron chi connectivity index (χ3n) is 13.0. The van der Waals surface area contributed by atoms with E-state index in [0.717, 1.165) is 23.0 Å². The van der Waals surface area contributed by atoms with Crippen LogP contribution >= 0.6 is 0 Å². The van der Waals surface area contributed by atoms with Crippen LogP contribution in [0, 0.1) is 7.14 Å². The molecule has 8 aromatic carbocycles. The van der Waals surface area contributed by atoms with Crippen LogP contribution in [0.4, 0.5) is 105 Å². The molecule has 0 atom stereocenters. The molecule has 0 fully saturated rings. The number of rotatable bonds is 16. The number of benzene rings is 8. The minimum absolute atomic E-state index is 0.480. The summed E-state index contributed by atoms with van der Waals surface area (Å²) in [5.74, 6) is 3.52. The Bertz CT molecular complexity index is 3200. The number of alkyl halides is 24. The molecular weight excluding hydrogens is 1380 g/mol. The molecule has 0 unspecified atom stereocenters. The van der Waals surface area contributed by atoms with Gasteiger partial charge in [-0.1, -0.05) is 109 Å². The fraction of sp³-hybridized carbons (Fsp3) is 0.200. The van der Waals surface area contributed by atoms with Crippen molar-refractivity contribution in [3.8, 4) is 23.0 Å². The van der Waals surface area contributed by atoms with Gasteiger partial charge >= 0.3 is 70.6 Å². The minimum Gasteiger partial charge on any atom is -0.490 e. The maximum absolute atomic E-state index is 14.2. The third kappa shape index (κ3) is 17.7. The number of hydrogen-bond donors (Lipinski definition) is 0. The molecule has 0 aliphatic carbocycles. The van der Waals surface area contributed by atoms with Crippen LogP contribution < -0.4 is 62.0 Å². The van der Waals surface area contributed by atoms with Crippen molar-refractivity contribution in [1.29, 1.82) is 0 Å². The van der Waals surface area contributed by atoms with Crippen LogP contribution in [0.25, 0.3) is 0 Å². The maximum atomic E-state index is 14.2. The fourth-order valence-electron chi connectivity index (χ4n) is 9.12. The molecule has 0 saturated heterocycles. The molecule has 0 radical (unpaired) electrons. The average Bonchev–Trinajstić information content (AvgIpc) is 0.710. The predicted molar refractivity (Wildman–Crippen MR) is 275 cm³/mol. The average molecular weight is 1420 g/mol. The van der Waals surface area contributed by atoms with Crippen LogP contribution in [-0.4, -0.2) is 32.6 Å². The van der Waals surface area contributed by atoms with Gasteiger partial charge in [0.25, 0.3) is 0 Å². The van der Waals surface area contributed by atoms with Gasteiger partial charge in [-0.2, -0.15) is 127 Å². The molecule has 0 bridgehead atoms. The summed E-state index contributed by atoms with van der Waals surface area (Å²) in [4.78, 5) is 0. The largest absolute Gasteiger partial charge is 0.490 e. The van der Waals surface area contributed by atoms with Gasteiger partial charge < -0.3 is 18.9 Å². The molecule has 0 saturated carbocycles. The Morgan fingerprint density at radius 2 is 0.444 bits per heavy atom. The highest BCUT2D eigenvalue weighted by molar-refractivity contribution is 7.20. The summed E-state index contributed by atoms with van der Waals surface area (Å²) in [6, 6.07) is 27.2. The number of para-hydroxylation sites is 4. The Hall–Kier alpha value is -7.93. The second-order valence-electron chi connectivity index (χ2n) is 19.2. The first-order valence-corrected chi connectivity index (χ1v) is 27.6. The van der Waals surface area contributed by atoms with E-state index < -0.39 is 216 Å². The van der Waals surface area contributed by atoms with E-state index in [9.17, 15) is 105 Å². The van der Waals surface area contributed by atoms with Crippen LogP contribution in [-0.2, 0) is 49.4 Å². The second kappa shape index (κ2) is 26.9. The van der Waals surface area contributed by atoms with E-state index in [0.29, 0.717) is 26.4 Å². The molecule has 0 amide bonds. The van der Waals surface area contributed by atoms with E-state index in [1.807, 2.05) is 84.9 Å². The smallest absolute Gasteiger partial charge is 0.416 e. The van der Waals surface area contributed by atoms with Gasteiger partial charge in [-0.05, 0) is 72.8 Å². The molecule has 0 N–H and O–H groups in total. The van der Waals surface area contributed by atoms with Crippen LogP contribution in [0.1, 0.15) is 44.5 Å². The first kappa shape index (κ1) is 69.5. The molecule has 0 aliphatic rings. The number of ether oxygens (including phenoxy) is 4. The first-order chi connectivity index (χ1) is 41.6. The summed E-state index contributed by atoms with van der Waals surface area (Å²) in [5, 5.41) is 0. The molecule has 480 valence electrons. The number of hydrogen-bond acceptors (Lipinski definition) is 4. The van der Waals surface area contributed by atoms with Gasteiger partial charge in [-0.3, -0.25) is 0 Å². The highest BCUT2D eigenvalue weighted by Crippen LogP contribution is 2.42. The van der Waals surface area contributed by atoms with Gasteiger partial charge in [0.1, 0.15) is 44.1 Å². The van der Waals surface area contributed by atoms with E-state index in [-0.39, 0.29) is 0 Å². The molecule has 8 aromatic rings. The standard InChI is InChI=1S/C32H12BF24.C28H26IO4/c34-25(35,36)13-1-14(26(37,38)39)6-21(5-13)33(22-7-15(27(40,41)42)2-16(8-22)28(43,44)45,23-9-17(29(46,47)48)3-18(10-23)30(49,50)51)24-11-19(31(52,53)54)4-20(12-24)32(55,56)57;1-3-11-23(12-4-1)30-19-21-32-27-17-9-7-15-25(27)29-26-16-8-10-18-28(26)33-22-20-31-24-13-5-2-6-14-24/h1-12H;1-18H,19-22H2/q-1;+1. The highest BCUT2D eigenvalue weighted by atomic mass is 127. The lowest BCUT2D eigenvalue weighted by atomic mass is 9.12. The van der Waals surface area contributed by atoms with Crippen LogP contribution in [0.15, 0.2) is 182 Å². The third-order valence-corrected chi connectivity index (χ3v) is 16.0. The zero-order valence-corrected chi connectivity index (χ0v) is 47.0. The van der Waals surface area contributed by atoms with Crippen LogP contribution in [0.2, 0.25) is 0 Å². The second-order valence-corrected chi connectivity index (χ2v) is 22.1. The Morgan fingerprint density at radius 3 is 0.667 bits per heavy atom.